The minimum atomic E-state index is 0.0815. The summed E-state index contributed by atoms with van der Waals surface area (Å²) in [6, 6.07) is 9.93. The average Bonchev–Trinajstić information content (AvgIpc) is 2.89. The number of hydrogen-bond acceptors (Lipinski definition) is 3. The number of aryl methyl sites for hydroxylation is 1. The zero-order chi connectivity index (χ0) is 17.3. The summed E-state index contributed by atoms with van der Waals surface area (Å²) < 4.78 is 7.32. The number of amides is 1. The van der Waals surface area contributed by atoms with E-state index in [0.29, 0.717) is 6.54 Å². The molecule has 0 bridgehead atoms. The molecule has 1 aromatic carbocycles. The molecule has 1 fully saturated rings. The molecule has 0 radical (unpaired) electrons. The van der Waals surface area contributed by atoms with E-state index in [4.69, 9.17) is 10.5 Å². The fraction of sp³-hybridized carbons (Fsp3) is 0.421. The lowest BCUT2D eigenvalue weighted by atomic mass is 10.1. The fourth-order valence-corrected chi connectivity index (χ4v) is 3.47. The molecule has 128 valence electrons. The number of likely N-dealkylation sites (tertiary alicyclic amines) is 1. The molecule has 1 aliphatic rings. The van der Waals surface area contributed by atoms with Gasteiger partial charge in [-0.3, -0.25) is 4.79 Å². The molecule has 1 aromatic heterocycles. The van der Waals surface area contributed by atoms with Crippen LogP contribution in [0.15, 0.2) is 30.3 Å². The zero-order valence-electron chi connectivity index (χ0n) is 14.6. The van der Waals surface area contributed by atoms with Crippen LogP contribution in [0.1, 0.15) is 34.6 Å². The first-order chi connectivity index (χ1) is 11.5. The van der Waals surface area contributed by atoms with E-state index in [1.54, 1.807) is 7.11 Å². The van der Waals surface area contributed by atoms with Gasteiger partial charge >= 0.3 is 0 Å². The van der Waals surface area contributed by atoms with Gasteiger partial charge in [0.25, 0.3) is 5.91 Å². The maximum absolute atomic E-state index is 12.9. The largest absolute Gasteiger partial charge is 0.497 e. The van der Waals surface area contributed by atoms with Crippen LogP contribution in [0.25, 0.3) is 5.69 Å². The quantitative estimate of drug-likeness (QED) is 0.943. The molecule has 0 spiro atoms. The molecule has 24 heavy (non-hydrogen) atoms. The van der Waals surface area contributed by atoms with E-state index in [-0.39, 0.29) is 11.9 Å². The summed E-state index contributed by atoms with van der Waals surface area (Å²) in [5, 5.41) is 0. The van der Waals surface area contributed by atoms with Crippen LogP contribution in [0, 0.1) is 13.8 Å². The van der Waals surface area contributed by atoms with Gasteiger partial charge in [-0.25, -0.2) is 0 Å². The van der Waals surface area contributed by atoms with Crippen molar-refractivity contribution in [2.24, 2.45) is 5.73 Å². The highest BCUT2D eigenvalue weighted by Crippen LogP contribution is 2.24. The predicted octanol–water partition coefficient (Wildman–Crippen LogP) is 2.67. The summed E-state index contributed by atoms with van der Waals surface area (Å²) in [6.07, 6.45) is 1.97. The summed E-state index contributed by atoms with van der Waals surface area (Å²) in [5.41, 5.74) is 9.81. The first kappa shape index (κ1) is 16.6. The van der Waals surface area contributed by atoms with E-state index in [2.05, 4.69) is 4.57 Å². The Morgan fingerprint density at radius 1 is 1.25 bits per heavy atom. The topological polar surface area (TPSA) is 60.5 Å². The Balaban J connectivity index is 1.92. The monoisotopic (exact) mass is 327 g/mol. The molecule has 1 atom stereocenters. The molecule has 1 saturated heterocycles. The molecule has 1 aliphatic heterocycles. The number of methoxy groups -OCH3 is 1. The zero-order valence-corrected chi connectivity index (χ0v) is 14.6. The minimum absolute atomic E-state index is 0.0815. The number of piperidine rings is 1. The van der Waals surface area contributed by atoms with Crippen molar-refractivity contribution in [2.75, 3.05) is 20.2 Å². The molecule has 5 heteroatoms. The number of rotatable bonds is 3. The molecule has 0 saturated carbocycles. The summed E-state index contributed by atoms with van der Waals surface area (Å²) in [7, 11) is 1.65. The van der Waals surface area contributed by atoms with Crippen molar-refractivity contribution >= 4 is 5.91 Å². The Hall–Kier alpha value is -2.27. The fourth-order valence-electron chi connectivity index (χ4n) is 3.47. The van der Waals surface area contributed by atoms with Crippen LogP contribution in [0.4, 0.5) is 0 Å². The van der Waals surface area contributed by atoms with Crippen LogP contribution >= 0.6 is 0 Å². The first-order valence-corrected chi connectivity index (χ1v) is 8.39. The van der Waals surface area contributed by atoms with Gasteiger partial charge < -0.3 is 19.9 Å². The Morgan fingerprint density at radius 3 is 2.58 bits per heavy atom. The molecule has 2 aromatic rings. The predicted molar refractivity (Wildman–Crippen MR) is 94.9 cm³/mol. The normalized spacial score (nSPS) is 17.8. The van der Waals surface area contributed by atoms with Crippen molar-refractivity contribution in [1.82, 2.24) is 9.47 Å². The maximum Gasteiger partial charge on any atom is 0.255 e. The highest BCUT2D eigenvalue weighted by molar-refractivity contribution is 5.96. The van der Waals surface area contributed by atoms with Gasteiger partial charge in [0.15, 0.2) is 0 Å². The van der Waals surface area contributed by atoms with Gasteiger partial charge in [-0.2, -0.15) is 0 Å². The Morgan fingerprint density at radius 2 is 1.96 bits per heavy atom. The smallest absolute Gasteiger partial charge is 0.255 e. The van der Waals surface area contributed by atoms with E-state index in [1.807, 2.05) is 49.1 Å². The van der Waals surface area contributed by atoms with E-state index in [1.165, 1.54) is 0 Å². The number of hydrogen-bond donors (Lipinski definition) is 1. The third kappa shape index (κ3) is 3.04. The summed E-state index contributed by atoms with van der Waals surface area (Å²) in [6.45, 7) is 5.45. The Kier molecular flexibility index (Phi) is 4.62. The van der Waals surface area contributed by atoms with Crippen molar-refractivity contribution in [2.45, 2.75) is 32.7 Å². The number of carbonyl (C=O) groups excluding carboxylic acids is 1. The number of carbonyl (C=O) groups is 1. The molecule has 2 heterocycles. The highest BCUT2D eigenvalue weighted by atomic mass is 16.5. The molecule has 1 amide bonds. The summed E-state index contributed by atoms with van der Waals surface area (Å²) in [5.74, 6) is 0.901. The number of ether oxygens (including phenoxy) is 1. The van der Waals surface area contributed by atoms with Crippen molar-refractivity contribution in [3.8, 4) is 11.4 Å². The lowest BCUT2D eigenvalue weighted by Crippen LogP contribution is -2.45. The van der Waals surface area contributed by atoms with Crippen LogP contribution in [0.5, 0.6) is 5.75 Å². The van der Waals surface area contributed by atoms with Gasteiger partial charge in [-0.15, -0.1) is 0 Å². The third-order valence-corrected chi connectivity index (χ3v) is 4.74. The van der Waals surface area contributed by atoms with Gasteiger partial charge in [-0.05, 0) is 57.0 Å². The Labute approximate surface area is 143 Å². The van der Waals surface area contributed by atoms with Crippen molar-refractivity contribution in [3.05, 3.63) is 47.3 Å². The lowest BCUT2D eigenvalue weighted by molar-refractivity contribution is 0.0708. The van der Waals surface area contributed by atoms with Crippen LogP contribution in [-0.2, 0) is 0 Å². The van der Waals surface area contributed by atoms with Crippen LogP contribution < -0.4 is 10.5 Å². The van der Waals surface area contributed by atoms with Crippen LogP contribution in [0.3, 0.4) is 0 Å². The third-order valence-electron chi connectivity index (χ3n) is 4.74. The van der Waals surface area contributed by atoms with Gasteiger partial charge in [0.2, 0.25) is 0 Å². The van der Waals surface area contributed by atoms with E-state index < -0.39 is 0 Å². The molecule has 2 N–H and O–H groups in total. The SMILES string of the molecule is COc1ccc(-n2c(C)cc(C(=O)N3CCCC(N)C3)c2C)cc1. The van der Waals surface area contributed by atoms with Gasteiger partial charge in [0.1, 0.15) is 5.75 Å². The first-order valence-electron chi connectivity index (χ1n) is 8.39. The molecular weight excluding hydrogens is 302 g/mol. The van der Waals surface area contributed by atoms with E-state index >= 15 is 0 Å². The summed E-state index contributed by atoms with van der Waals surface area (Å²) in [4.78, 5) is 14.8. The van der Waals surface area contributed by atoms with Crippen LogP contribution in [-0.4, -0.2) is 41.6 Å². The van der Waals surface area contributed by atoms with Gasteiger partial charge in [-0.1, -0.05) is 0 Å². The molecule has 0 aliphatic carbocycles. The number of benzene rings is 1. The average molecular weight is 327 g/mol. The maximum atomic E-state index is 12.9. The molecule has 5 nitrogen and oxygen atoms in total. The number of nitrogens with two attached hydrogens (primary N) is 1. The van der Waals surface area contributed by atoms with Gasteiger partial charge in [0, 0.05) is 36.2 Å². The standard InChI is InChI=1S/C19H25N3O2/c1-13-11-18(19(23)21-10-4-5-15(20)12-21)14(2)22(13)16-6-8-17(24-3)9-7-16/h6-9,11,15H,4-5,10,12,20H2,1-3H3. The van der Waals surface area contributed by atoms with E-state index in [9.17, 15) is 4.79 Å². The van der Waals surface area contributed by atoms with Crippen molar-refractivity contribution < 1.29 is 9.53 Å². The highest BCUT2D eigenvalue weighted by Gasteiger charge is 2.25. The minimum Gasteiger partial charge on any atom is -0.497 e. The summed E-state index contributed by atoms with van der Waals surface area (Å²) >= 11 is 0. The lowest BCUT2D eigenvalue weighted by Gasteiger charge is -2.30. The van der Waals surface area contributed by atoms with Gasteiger partial charge in [0.05, 0.1) is 12.7 Å². The molecule has 3 rings (SSSR count). The van der Waals surface area contributed by atoms with E-state index in [0.717, 1.165) is 47.8 Å². The number of aromatic nitrogens is 1. The van der Waals surface area contributed by atoms with Crippen LogP contribution in [0.2, 0.25) is 0 Å². The van der Waals surface area contributed by atoms with Crippen molar-refractivity contribution in [1.29, 1.82) is 0 Å². The van der Waals surface area contributed by atoms with Crippen molar-refractivity contribution in [3.63, 3.8) is 0 Å². The molecular formula is C19H25N3O2. The Bertz CT molecular complexity index is 734. The second-order valence-corrected chi connectivity index (χ2v) is 6.47. The molecule has 1 unspecified atom stereocenters. The second-order valence-electron chi connectivity index (χ2n) is 6.47. The number of nitrogens with zero attached hydrogens (tertiary/aromatic N) is 2. The second kappa shape index (κ2) is 6.69.